The van der Waals surface area contributed by atoms with Crippen LogP contribution in [-0.4, -0.2) is 13.1 Å². The zero-order valence-electron chi connectivity index (χ0n) is 13.2. The first-order valence-electron chi connectivity index (χ1n) is 7.52. The number of methoxy groups -OCH3 is 1. The first-order valence-corrected chi connectivity index (χ1v) is 6.52. The van der Waals surface area contributed by atoms with E-state index >= 15 is 0 Å². The molecule has 0 aliphatic rings. The molecular formula is C15H26O2. The fourth-order valence-electron chi connectivity index (χ4n) is 1.58. The van der Waals surface area contributed by atoms with Crippen molar-refractivity contribution >= 4 is 5.97 Å². The minimum Gasteiger partial charge on any atom is -0.459 e. The van der Waals surface area contributed by atoms with Crippen LogP contribution in [0, 0.1) is 11.8 Å². The van der Waals surface area contributed by atoms with E-state index in [0.29, 0.717) is 6.42 Å². The van der Waals surface area contributed by atoms with Gasteiger partial charge in [0.05, 0.1) is 7.11 Å². The van der Waals surface area contributed by atoms with Crippen molar-refractivity contribution in [2.24, 2.45) is 0 Å². The Labute approximate surface area is 109 Å². The lowest BCUT2D eigenvalue weighted by Gasteiger charge is -2.00. The van der Waals surface area contributed by atoms with Crippen LogP contribution in [0.5, 0.6) is 0 Å². The number of ether oxygens (including phenoxy) is 1. The van der Waals surface area contributed by atoms with Crippen molar-refractivity contribution in [3.63, 3.8) is 0 Å². The molecule has 0 heterocycles. The van der Waals surface area contributed by atoms with Gasteiger partial charge >= 0.3 is 5.97 Å². The number of unbranched alkanes of at least 4 members (excludes halogenated alkanes) is 7. The highest BCUT2D eigenvalue weighted by Gasteiger charge is 1.92. The lowest BCUT2D eigenvalue weighted by molar-refractivity contribution is -0.133. The van der Waals surface area contributed by atoms with Gasteiger partial charge in [0.1, 0.15) is 0 Å². The predicted octanol–water partition coefficient (Wildman–Crippen LogP) is 4.08. The Balaban J connectivity index is 3.23. The predicted molar refractivity (Wildman–Crippen MR) is 71.6 cm³/mol. The molecule has 0 fully saturated rings. The summed E-state index contributed by atoms with van der Waals surface area (Å²) < 4.78 is 19.2. The van der Waals surface area contributed by atoms with Gasteiger partial charge in [-0.25, -0.2) is 4.79 Å². The molecule has 0 spiro atoms. The number of esters is 1. The van der Waals surface area contributed by atoms with Gasteiger partial charge in [-0.15, -0.1) is 0 Å². The molecule has 0 amide bonds. The Morgan fingerprint density at radius 2 is 1.59 bits per heavy atom. The second-order valence-corrected chi connectivity index (χ2v) is 4.12. The van der Waals surface area contributed by atoms with Crippen LogP contribution < -0.4 is 0 Å². The third kappa shape index (κ3) is 13.0. The molecule has 17 heavy (non-hydrogen) atoms. The Hall–Kier alpha value is -0.970. The van der Waals surface area contributed by atoms with Crippen LogP contribution in [0.1, 0.15) is 73.8 Å². The molecule has 98 valence electrons. The van der Waals surface area contributed by atoms with Crippen molar-refractivity contribution in [1.29, 1.82) is 0 Å². The maximum Gasteiger partial charge on any atom is 0.384 e. The van der Waals surface area contributed by atoms with E-state index in [4.69, 9.17) is 2.74 Å². The van der Waals surface area contributed by atoms with Gasteiger partial charge in [0.15, 0.2) is 0 Å². The van der Waals surface area contributed by atoms with E-state index in [1.807, 2.05) is 0 Å². The standard InChI is InChI=1S/C15H26O2/c1-3-4-5-6-7-8-9-10-11-12-13-14-15(16)17-2/h3-12H2,1-2H3/i3D2. The zero-order chi connectivity index (χ0) is 14.6. The summed E-state index contributed by atoms with van der Waals surface area (Å²) in [6, 6.07) is 0. The zero-order valence-corrected chi connectivity index (χ0v) is 11.2. The minimum atomic E-state index is -1.02. The highest BCUT2D eigenvalue weighted by Crippen LogP contribution is 2.10. The maximum absolute atomic E-state index is 10.7. The third-order valence-electron chi connectivity index (χ3n) is 2.60. The average Bonchev–Trinajstić information content (AvgIpc) is 2.34. The Morgan fingerprint density at radius 3 is 2.12 bits per heavy atom. The molecule has 0 saturated heterocycles. The lowest BCUT2D eigenvalue weighted by atomic mass is 10.1. The monoisotopic (exact) mass is 240 g/mol. The Bertz CT molecular complexity index is 297. The van der Waals surface area contributed by atoms with Gasteiger partial charge in [0, 0.05) is 15.1 Å². The van der Waals surface area contributed by atoms with Crippen LogP contribution in [0.25, 0.3) is 0 Å². The van der Waals surface area contributed by atoms with Gasteiger partial charge in [0.25, 0.3) is 0 Å². The van der Waals surface area contributed by atoms with Crippen molar-refractivity contribution in [2.75, 3.05) is 7.11 Å². The lowest BCUT2D eigenvalue weighted by Crippen LogP contribution is -1.94. The van der Waals surface area contributed by atoms with Crippen molar-refractivity contribution < 1.29 is 12.3 Å². The number of rotatable bonds is 9. The first-order chi connectivity index (χ1) is 8.95. The normalized spacial score (nSPS) is 12.1. The van der Waals surface area contributed by atoms with E-state index in [9.17, 15) is 4.79 Å². The molecule has 2 nitrogen and oxygen atoms in total. The van der Waals surface area contributed by atoms with E-state index in [1.54, 1.807) is 6.92 Å². The first kappa shape index (κ1) is 12.5. The summed E-state index contributed by atoms with van der Waals surface area (Å²) in [5.41, 5.74) is 0. The van der Waals surface area contributed by atoms with E-state index < -0.39 is 12.3 Å². The van der Waals surface area contributed by atoms with E-state index in [1.165, 1.54) is 26.4 Å². The van der Waals surface area contributed by atoms with Gasteiger partial charge in [0.2, 0.25) is 0 Å². The van der Waals surface area contributed by atoms with Crippen molar-refractivity contribution in [3.05, 3.63) is 0 Å². The molecule has 0 bridgehead atoms. The molecule has 0 saturated carbocycles. The van der Waals surface area contributed by atoms with Gasteiger partial charge in [-0.2, -0.15) is 0 Å². The molecule has 0 aromatic heterocycles. The molecule has 0 aromatic rings. The summed E-state index contributed by atoms with van der Waals surface area (Å²) in [5, 5.41) is 0. The topological polar surface area (TPSA) is 26.3 Å². The number of carbonyl (C=O) groups is 1. The summed E-state index contributed by atoms with van der Waals surface area (Å²) in [7, 11) is 1.33. The molecule has 0 aromatic carbocycles. The number of carbonyl (C=O) groups excluding carboxylic acids is 1. The molecule has 0 radical (unpaired) electrons. The van der Waals surface area contributed by atoms with Gasteiger partial charge in [-0.1, -0.05) is 64.2 Å². The molecule has 0 unspecified atom stereocenters. The van der Waals surface area contributed by atoms with Crippen LogP contribution >= 0.6 is 0 Å². The highest BCUT2D eigenvalue weighted by atomic mass is 16.5. The van der Waals surface area contributed by atoms with Crippen molar-refractivity contribution in [3.8, 4) is 11.8 Å². The average molecular weight is 240 g/mol. The van der Waals surface area contributed by atoms with E-state index in [0.717, 1.165) is 32.1 Å². The summed E-state index contributed by atoms with van der Waals surface area (Å²) in [5.74, 6) is 4.75. The van der Waals surface area contributed by atoms with Crippen LogP contribution in [-0.2, 0) is 9.53 Å². The van der Waals surface area contributed by atoms with E-state index in [-0.39, 0.29) is 0 Å². The highest BCUT2D eigenvalue weighted by molar-refractivity contribution is 5.88. The third-order valence-corrected chi connectivity index (χ3v) is 2.60. The summed E-state index contributed by atoms with van der Waals surface area (Å²) >= 11 is 0. The molecule has 2 heteroatoms. The summed E-state index contributed by atoms with van der Waals surface area (Å²) in [6.07, 6.45) is 8.26. The second kappa shape index (κ2) is 13.1. The van der Waals surface area contributed by atoms with Crippen LogP contribution in [0.2, 0.25) is 0 Å². The molecule has 0 rings (SSSR count). The SMILES string of the molecule is [2H]C([2H])(C)CCCCCCCCCC#CC(=O)OC. The number of hydrogen-bond acceptors (Lipinski definition) is 2. The van der Waals surface area contributed by atoms with Crippen LogP contribution in [0.4, 0.5) is 0 Å². The summed E-state index contributed by atoms with van der Waals surface area (Å²) in [4.78, 5) is 10.7. The molecule has 0 N–H and O–H groups in total. The second-order valence-electron chi connectivity index (χ2n) is 4.12. The fraction of sp³-hybridized carbons (Fsp3) is 0.800. The fourth-order valence-corrected chi connectivity index (χ4v) is 1.58. The molecule has 0 aliphatic heterocycles. The summed E-state index contributed by atoms with van der Waals surface area (Å²) in [6.45, 7) is 1.64. The van der Waals surface area contributed by atoms with Crippen LogP contribution in [0.3, 0.4) is 0 Å². The Morgan fingerprint density at radius 1 is 1.06 bits per heavy atom. The van der Waals surface area contributed by atoms with Crippen molar-refractivity contribution in [1.82, 2.24) is 0 Å². The van der Waals surface area contributed by atoms with Crippen LogP contribution in [0.15, 0.2) is 0 Å². The minimum absolute atomic E-state index is 0.462. The number of hydrogen-bond donors (Lipinski definition) is 0. The quantitative estimate of drug-likeness (QED) is 0.263. The maximum atomic E-state index is 10.7. The largest absolute Gasteiger partial charge is 0.459 e. The van der Waals surface area contributed by atoms with Crippen molar-refractivity contribution in [2.45, 2.75) is 71.1 Å². The Kier molecular flexibility index (Phi) is 9.62. The molecule has 0 aliphatic carbocycles. The van der Waals surface area contributed by atoms with Gasteiger partial charge in [-0.3, -0.25) is 0 Å². The smallest absolute Gasteiger partial charge is 0.384 e. The van der Waals surface area contributed by atoms with E-state index in [2.05, 4.69) is 16.6 Å². The molecule has 0 atom stereocenters. The molecular weight excluding hydrogens is 212 g/mol. The van der Waals surface area contributed by atoms with Gasteiger partial charge < -0.3 is 4.74 Å². The van der Waals surface area contributed by atoms with Gasteiger partial charge in [-0.05, 0) is 6.42 Å².